The number of urea groups is 1. The summed E-state index contributed by atoms with van der Waals surface area (Å²) in [6, 6.07) is -0.927. The van der Waals surface area contributed by atoms with Gasteiger partial charge in [-0.25, -0.2) is 14.3 Å². The first-order chi connectivity index (χ1) is 8.95. The van der Waals surface area contributed by atoms with Crippen LogP contribution in [0.1, 0.15) is 35.9 Å². The number of carbonyl (C=O) groups excluding carboxylic acids is 2. The van der Waals surface area contributed by atoms with E-state index in [1.54, 1.807) is 0 Å². The van der Waals surface area contributed by atoms with Gasteiger partial charge in [-0.2, -0.15) is 0 Å². The van der Waals surface area contributed by atoms with Gasteiger partial charge in [0.05, 0.1) is 12.2 Å². The summed E-state index contributed by atoms with van der Waals surface area (Å²) in [4.78, 5) is 32.6. The summed E-state index contributed by atoms with van der Waals surface area (Å²) < 4.78 is 1.35. The van der Waals surface area contributed by atoms with Crippen molar-refractivity contribution in [2.24, 2.45) is 5.73 Å². The second kappa shape index (κ2) is 6.47. The molecule has 9 nitrogen and oxygen atoms in total. The fourth-order valence-corrected chi connectivity index (χ4v) is 1.57. The first-order valence-corrected chi connectivity index (χ1v) is 5.70. The Labute approximate surface area is 108 Å². The van der Waals surface area contributed by atoms with Crippen molar-refractivity contribution in [3.63, 3.8) is 0 Å². The minimum absolute atomic E-state index is 0.0396. The molecule has 3 amide bonds. The van der Waals surface area contributed by atoms with Crippen molar-refractivity contribution >= 4 is 17.9 Å². The molecule has 0 saturated heterocycles. The standard InChI is InChI=1S/C10H15N5O4/c1-2-3-6-8(9(17)18)13-14-15(6)5-4-7(16)12-10(11)19/h2-5H2,1H3,(H,17,18)(H3,11,12,16,19). The summed E-state index contributed by atoms with van der Waals surface area (Å²) in [7, 11) is 0. The zero-order chi connectivity index (χ0) is 14.4. The number of aromatic nitrogens is 3. The lowest BCUT2D eigenvalue weighted by Gasteiger charge is -2.05. The Bertz CT molecular complexity index is 496. The van der Waals surface area contributed by atoms with E-state index in [-0.39, 0.29) is 18.7 Å². The predicted molar refractivity (Wildman–Crippen MR) is 63.3 cm³/mol. The van der Waals surface area contributed by atoms with Crippen LogP contribution in [0.2, 0.25) is 0 Å². The van der Waals surface area contributed by atoms with Crippen LogP contribution in [0, 0.1) is 0 Å². The maximum absolute atomic E-state index is 11.2. The minimum atomic E-state index is -1.16. The van der Waals surface area contributed by atoms with Crippen LogP contribution in [0.4, 0.5) is 4.79 Å². The number of carbonyl (C=O) groups is 3. The summed E-state index contributed by atoms with van der Waals surface area (Å²) in [5.74, 6) is -1.71. The zero-order valence-electron chi connectivity index (χ0n) is 10.4. The number of hydrogen-bond acceptors (Lipinski definition) is 5. The third-order valence-electron chi connectivity index (χ3n) is 2.34. The van der Waals surface area contributed by atoms with E-state index in [4.69, 9.17) is 10.8 Å². The van der Waals surface area contributed by atoms with Crippen LogP contribution in [0.15, 0.2) is 0 Å². The van der Waals surface area contributed by atoms with Gasteiger partial charge in [-0.05, 0) is 6.42 Å². The number of nitrogens with one attached hydrogen (secondary N) is 1. The van der Waals surface area contributed by atoms with E-state index >= 15 is 0 Å². The molecule has 9 heteroatoms. The largest absolute Gasteiger partial charge is 0.476 e. The highest BCUT2D eigenvalue weighted by Crippen LogP contribution is 2.09. The maximum Gasteiger partial charge on any atom is 0.358 e. The molecule has 0 aliphatic carbocycles. The summed E-state index contributed by atoms with van der Waals surface area (Å²) in [6.07, 6.45) is 1.18. The Kier molecular flexibility index (Phi) is 4.98. The van der Waals surface area contributed by atoms with E-state index < -0.39 is 17.9 Å². The molecule has 4 N–H and O–H groups in total. The van der Waals surface area contributed by atoms with Gasteiger partial charge < -0.3 is 10.8 Å². The van der Waals surface area contributed by atoms with Crippen LogP contribution in [-0.2, 0) is 17.8 Å². The van der Waals surface area contributed by atoms with Crippen LogP contribution in [0.5, 0.6) is 0 Å². The highest BCUT2D eigenvalue weighted by molar-refractivity contribution is 5.93. The van der Waals surface area contributed by atoms with Crippen molar-refractivity contribution in [1.82, 2.24) is 20.3 Å². The predicted octanol–water partition coefficient (Wildman–Crippen LogP) is -0.486. The second-order valence-corrected chi connectivity index (χ2v) is 3.83. The van der Waals surface area contributed by atoms with E-state index in [1.165, 1.54) is 4.68 Å². The quantitative estimate of drug-likeness (QED) is 0.636. The number of carboxylic acid groups (broad SMARTS) is 1. The van der Waals surface area contributed by atoms with Crippen molar-refractivity contribution < 1.29 is 19.5 Å². The number of imide groups is 1. The SMILES string of the molecule is CCCc1c(C(=O)O)nnn1CCC(=O)NC(N)=O. The smallest absolute Gasteiger partial charge is 0.358 e. The highest BCUT2D eigenvalue weighted by atomic mass is 16.4. The van der Waals surface area contributed by atoms with Crippen molar-refractivity contribution in [1.29, 1.82) is 0 Å². The first kappa shape index (κ1) is 14.6. The molecule has 1 rings (SSSR count). The third kappa shape index (κ3) is 4.05. The second-order valence-electron chi connectivity index (χ2n) is 3.83. The van der Waals surface area contributed by atoms with Crippen LogP contribution in [-0.4, -0.2) is 38.0 Å². The number of carboxylic acids is 1. The molecular weight excluding hydrogens is 254 g/mol. The van der Waals surface area contributed by atoms with Gasteiger partial charge in [0.1, 0.15) is 0 Å². The third-order valence-corrected chi connectivity index (χ3v) is 2.34. The number of rotatable bonds is 6. The van der Waals surface area contributed by atoms with Crippen molar-refractivity contribution in [2.45, 2.75) is 32.7 Å². The van der Waals surface area contributed by atoms with Crippen LogP contribution >= 0.6 is 0 Å². The molecule has 0 aromatic carbocycles. The molecule has 1 aromatic rings. The molecule has 0 spiro atoms. The first-order valence-electron chi connectivity index (χ1n) is 5.70. The number of nitrogens with zero attached hydrogens (tertiary/aromatic N) is 3. The molecule has 1 aromatic heterocycles. The summed E-state index contributed by atoms with van der Waals surface area (Å²) >= 11 is 0. The Hall–Kier alpha value is -2.45. The highest BCUT2D eigenvalue weighted by Gasteiger charge is 2.18. The molecule has 0 fully saturated rings. The molecule has 0 aliphatic rings. The van der Waals surface area contributed by atoms with Gasteiger partial charge >= 0.3 is 12.0 Å². The lowest BCUT2D eigenvalue weighted by Crippen LogP contribution is -2.35. The van der Waals surface area contributed by atoms with Gasteiger partial charge in [0.15, 0.2) is 5.69 Å². The molecule has 0 atom stereocenters. The Morgan fingerprint density at radius 2 is 2.11 bits per heavy atom. The molecule has 1 heterocycles. The monoisotopic (exact) mass is 269 g/mol. The summed E-state index contributed by atoms with van der Waals surface area (Å²) in [5, 5.41) is 18.1. The van der Waals surface area contributed by atoms with Gasteiger partial charge in [0, 0.05) is 6.42 Å². The zero-order valence-corrected chi connectivity index (χ0v) is 10.4. The number of primary amides is 1. The summed E-state index contributed by atoms with van der Waals surface area (Å²) in [6.45, 7) is 2.03. The molecule has 0 saturated carbocycles. The van der Waals surface area contributed by atoms with Crippen LogP contribution in [0.3, 0.4) is 0 Å². The van der Waals surface area contributed by atoms with E-state index in [9.17, 15) is 14.4 Å². The average Bonchev–Trinajstić information content (AvgIpc) is 2.69. The molecule has 19 heavy (non-hydrogen) atoms. The van der Waals surface area contributed by atoms with E-state index in [2.05, 4.69) is 10.3 Å². The molecule has 0 radical (unpaired) electrons. The van der Waals surface area contributed by atoms with Crippen molar-refractivity contribution in [3.8, 4) is 0 Å². The van der Waals surface area contributed by atoms with E-state index in [0.29, 0.717) is 12.1 Å². The van der Waals surface area contributed by atoms with E-state index in [1.807, 2.05) is 12.2 Å². The lowest BCUT2D eigenvalue weighted by atomic mass is 10.2. The lowest BCUT2D eigenvalue weighted by molar-refractivity contribution is -0.120. The van der Waals surface area contributed by atoms with Crippen LogP contribution in [0.25, 0.3) is 0 Å². The molecule has 104 valence electrons. The van der Waals surface area contributed by atoms with Crippen molar-refractivity contribution in [2.75, 3.05) is 0 Å². The Morgan fingerprint density at radius 3 is 2.63 bits per heavy atom. The number of amides is 3. The fourth-order valence-electron chi connectivity index (χ4n) is 1.57. The Morgan fingerprint density at radius 1 is 1.42 bits per heavy atom. The topological polar surface area (TPSA) is 140 Å². The molecular formula is C10H15N5O4. The van der Waals surface area contributed by atoms with Gasteiger partial charge in [-0.3, -0.25) is 10.1 Å². The average molecular weight is 269 g/mol. The molecule has 0 bridgehead atoms. The van der Waals surface area contributed by atoms with Gasteiger partial charge in [0.2, 0.25) is 5.91 Å². The van der Waals surface area contributed by atoms with Gasteiger partial charge in [-0.1, -0.05) is 18.6 Å². The number of aryl methyl sites for hydroxylation is 1. The van der Waals surface area contributed by atoms with Gasteiger partial charge in [-0.15, -0.1) is 5.10 Å². The number of nitrogens with two attached hydrogens (primary N) is 1. The van der Waals surface area contributed by atoms with Crippen LogP contribution < -0.4 is 11.1 Å². The fraction of sp³-hybridized carbons (Fsp3) is 0.500. The number of aromatic carboxylic acids is 1. The molecule has 0 unspecified atom stereocenters. The van der Waals surface area contributed by atoms with E-state index in [0.717, 1.165) is 6.42 Å². The maximum atomic E-state index is 11.2. The Balaban J connectivity index is 2.75. The molecule has 0 aliphatic heterocycles. The normalized spacial score (nSPS) is 10.2. The summed E-state index contributed by atoms with van der Waals surface area (Å²) in [5.41, 5.74) is 5.15. The van der Waals surface area contributed by atoms with Gasteiger partial charge in [0.25, 0.3) is 0 Å². The van der Waals surface area contributed by atoms with Crippen molar-refractivity contribution in [3.05, 3.63) is 11.4 Å². The number of hydrogen-bond donors (Lipinski definition) is 3. The minimum Gasteiger partial charge on any atom is -0.476 e.